The zero-order valence-corrected chi connectivity index (χ0v) is 10.4. The van der Waals surface area contributed by atoms with Crippen molar-refractivity contribution < 1.29 is 23.1 Å². The second kappa shape index (κ2) is 4.96. The number of benzene rings is 1. The molecule has 1 aromatic heterocycles. The normalized spacial score (nSPS) is 11.4. The average molecular weight is 281 g/mol. The Balaban J connectivity index is 2.66. The third kappa shape index (κ3) is 2.64. The minimum Gasteiger partial charge on any atom is -0.478 e. The van der Waals surface area contributed by atoms with E-state index in [1.54, 1.807) is 31.2 Å². The van der Waals surface area contributed by atoms with Gasteiger partial charge in [-0.25, -0.2) is 4.79 Å². The standard InChI is InChI=1S/C14H10F3NO2/c1-8-4-2-3-5-10(8)12-11(13(19)20)6-9(7-18-12)14(15,16)17/h2-7H,1H3,(H,19,20). The molecule has 3 nitrogen and oxygen atoms in total. The molecule has 0 spiro atoms. The summed E-state index contributed by atoms with van der Waals surface area (Å²) in [7, 11) is 0. The van der Waals surface area contributed by atoms with Crippen molar-refractivity contribution in [2.75, 3.05) is 0 Å². The van der Waals surface area contributed by atoms with Crippen LogP contribution in [0.25, 0.3) is 11.3 Å². The van der Waals surface area contributed by atoms with E-state index in [4.69, 9.17) is 5.11 Å². The van der Waals surface area contributed by atoms with Crippen LogP contribution in [-0.4, -0.2) is 16.1 Å². The second-order valence-corrected chi connectivity index (χ2v) is 4.24. The van der Waals surface area contributed by atoms with Crippen LogP contribution in [0, 0.1) is 6.92 Å². The first-order valence-electron chi connectivity index (χ1n) is 5.67. The van der Waals surface area contributed by atoms with Gasteiger partial charge in [0.1, 0.15) is 0 Å². The van der Waals surface area contributed by atoms with Gasteiger partial charge in [-0.15, -0.1) is 0 Å². The van der Waals surface area contributed by atoms with E-state index in [9.17, 15) is 18.0 Å². The molecule has 20 heavy (non-hydrogen) atoms. The van der Waals surface area contributed by atoms with Crippen LogP contribution in [0.3, 0.4) is 0 Å². The molecule has 0 amide bonds. The van der Waals surface area contributed by atoms with Crippen LogP contribution >= 0.6 is 0 Å². The number of aromatic nitrogens is 1. The smallest absolute Gasteiger partial charge is 0.417 e. The number of aryl methyl sites for hydroxylation is 1. The lowest BCUT2D eigenvalue weighted by molar-refractivity contribution is -0.137. The Hall–Kier alpha value is -2.37. The highest BCUT2D eigenvalue weighted by atomic mass is 19.4. The Labute approximate surface area is 112 Å². The zero-order chi connectivity index (χ0) is 14.9. The molecule has 0 aliphatic heterocycles. The van der Waals surface area contributed by atoms with Gasteiger partial charge >= 0.3 is 12.1 Å². The first-order valence-corrected chi connectivity index (χ1v) is 5.67. The third-order valence-corrected chi connectivity index (χ3v) is 2.85. The van der Waals surface area contributed by atoms with Gasteiger partial charge in [0.15, 0.2) is 0 Å². The van der Waals surface area contributed by atoms with E-state index in [2.05, 4.69) is 4.98 Å². The van der Waals surface area contributed by atoms with E-state index >= 15 is 0 Å². The number of halogens is 3. The molecule has 0 fully saturated rings. The SMILES string of the molecule is Cc1ccccc1-c1ncc(C(F)(F)F)cc1C(=O)O. The lowest BCUT2D eigenvalue weighted by Gasteiger charge is -2.11. The highest BCUT2D eigenvalue weighted by Crippen LogP contribution is 2.32. The molecule has 0 unspecified atom stereocenters. The number of pyridine rings is 1. The molecule has 0 atom stereocenters. The van der Waals surface area contributed by atoms with Crippen molar-refractivity contribution in [3.8, 4) is 11.3 Å². The molecule has 1 heterocycles. The van der Waals surface area contributed by atoms with E-state index in [1.807, 2.05) is 0 Å². The van der Waals surface area contributed by atoms with Gasteiger partial charge < -0.3 is 5.11 Å². The van der Waals surface area contributed by atoms with E-state index in [0.717, 1.165) is 5.56 Å². The lowest BCUT2D eigenvalue weighted by atomic mass is 10.00. The molecule has 6 heteroatoms. The summed E-state index contributed by atoms with van der Waals surface area (Å²) >= 11 is 0. The van der Waals surface area contributed by atoms with Crippen LogP contribution in [0.1, 0.15) is 21.5 Å². The molecule has 2 aromatic rings. The van der Waals surface area contributed by atoms with Crippen LogP contribution in [-0.2, 0) is 6.18 Å². The van der Waals surface area contributed by atoms with Crippen molar-refractivity contribution in [2.24, 2.45) is 0 Å². The highest BCUT2D eigenvalue weighted by Gasteiger charge is 2.32. The number of carbonyl (C=O) groups is 1. The summed E-state index contributed by atoms with van der Waals surface area (Å²) in [6, 6.07) is 7.39. The Bertz CT molecular complexity index is 666. The Morgan fingerprint density at radius 3 is 2.45 bits per heavy atom. The fraction of sp³-hybridized carbons (Fsp3) is 0.143. The first kappa shape index (κ1) is 14.0. The molecule has 1 aromatic carbocycles. The van der Waals surface area contributed by atoms with E-state index in [0.29, 0.717) is 17.8 Å². The average Bonchev–Trinajstić information content (AvgIpc) is 2.37. The summed E-state index contributed by atoms with van der Waals surface area (Å²) in [5.41, 5.74) is -0.272. The van der Waals surface area contributed by atoms with Gasteiger partial charge in [-0.1, -0.05) is 24.3 Å². The minimum absolute atomic E-state index is 0.0311. The van der Waals surface area contributed by atoms with Gasteiger partial charge in [-0.05, 0) is 18.6 Å². The Morgan fingerprint density at radius 2 is 1.90 bits per heavy atom. The molecular weight excluding hydrogens is 271 g/mol. The third-order valence-electron chi connectivity index (χ3n) is 2.85. The fourth-order valence-electron chi connectivity index (χ4n) is 1.84. The van der Waals surface area contributed by atoms with E-state index in [-0.39, 0.29) is 5.69 Å². The number of aromatic carboxylic acids is 1. The maximum Gasteiger partial charge on any atom is 0.417 e. The van der Waals surface area contributed by atoms with Crippen LogP contribution in [0.4, 0.5) is 13.2 Å². The first-order chi connectivity index (χ1) is 9.30. The van der Waals surface area contributed by atoms with Crippen molar-refractivity contribution >= 4 is 5.97 Å². The molecular formula is C14H10F3NO2. The quantitative estimate of drug-likeness (QED) is 0.911. The number of carboxylic acids is 1. The monoisotopic (exact) mass is 281 g/mol. The van der Waals surface area contributed by atoms with Crippen molar-refractivity contribution in [3.05, 3.63) is 53.2 Å². The topological polar surface area (TPSA) is 50.2 Å². The zero-order valence-electron chi connectivity index (χ0n) is 10.4. The maximum absolute atomic E-state index is 12.6. The minimum atomic E-state index is -4.62. The summed E-state index contributed by atoms with van der Waals surface area (Å²) in [6.45, 7) is 1.74. The number of rotatable bonds is 2. The van der Waals surface area contributed by atoms with Crippen molar-refractivity contribution in [1.82, 2.24) is 4.98 Å². The fourth-order valence-corrected chi connectivity index (χ4v) is 1.84. The predicted molar refractivity (Wildman–Crippen MR) is 66.4 cm³/mol. The molecule has 104 valence electrons. The van der Waals surface area contributed by atoms with E-state index in [1.165, 1.54) is 0 Å². The van der Waals surface area contributed by atoms with Gasteiger partial charge in [-0.3, -0.25) is 4.98 Å². The van der Waals surface area contributed by atoms with Gasteiger partial charge in [0.05, 0.1) is 16.8 Å². The van der Waals surface area contributed by atoms with Crippen molar-refractivity contribution in [3.63, 3.8) is 0 Å². The van der Waals surface area contributed by atoms with Crippen molar-refractivity contribution in [1.29, 1.82) is 0 Å². The molecule has 0 saturated heterocycles. The van der Waals surface area contributed by atoms with Gasteiger partial charge in [0, 0.05) is 11.8 Å². The number of hydrogen-bond acceptors (Lipinski definition) is 2. The van der Waals surface area contributed by atoms with Crippen LogP contribution in [0.2, 0.25) is 0 Å². The molecule has 1 N–H and O–H groups in total. The number of hydrogen-bond donors (Lipinski definition) is 1. The molecule has 0 aliphatic carbocycles. The number of alkyl halides is 3. The van der Waals surface area contributed by atoms with Crippen LogP contribution in [0.5, 0.6) is 0 Å². The van der Waals surface area contributed by atoms with Crippen molar-refractivity contribution in [2.45, 2.75) is 13.1 Å². The summed E-state index contributed by atoms with van der Waals surface area (Å²) in [6.07, 6.45) is -3.98. The van der Waals surface area contributed by atoms with E-state index < -0.39 is 23.3 Å². The summed E-state index contributed by atoms with van der Waals surface area (Å²) in [5.74, 6) is -1.44. The van der Waals surface area contributed by atoms with Crippen LogP contribution in [0.15, 0.2) is 36.5 Å². The summed E-state index contributed by atoms with van der Waals surface area (Å²) < 4.78 is 37.8. The van der Waals surface area contributed by atoms with Gasteiger partial charge in [-0.2, -0.15) is 13.2 Å². The molecule has 0 bridgehead atoms. The summed E-state index contributed by atoms with van der Waals surface area (Å²) in [4.78, 5) is 14.9. The second-order valence-electron chi connectivity index (χ2n) is 4.24. The Morgan fingerprint density at radius 1 is 1.25 bits per heavy atom. The number of carboxylic acid groups (broad SMARTS) is 1. The van der Waals surface area contributed by atoms with Gasteiger partial charge in [0.25, 0.3) is 0 Å². The summed E-state index contributed by atoms with van der Waals surface area (Å²) in [5, 5.41) is 9.10. The molecule has 2 rings (SSSR count). The lowest BCUT2D eigenvalue weighted by Crippen LogP contribution is -2.10. The number of nitrogens with zero attached hydrogens (tertiary/aromatic N) is 1. The Kier molecular flexibility index (Phi) is 3.48. The largest absolute Gasteiger partial charge is 0.478 e. The van der Waals surface area contributed by atoms with Crippen LogP contribution < -0.4 is 0 Å². The molecule has 0 saturated carbocycles. The highest BCUT2D eigenvalue weighted by molar-refractivity contribution is 5.95. The molecule has 0 aliphatic rings. The van der Waals surface area contributed by atoms with Gasteiger partial charge in [0.2, 0.25) is 0 Å². The maximum atomic E-state index is 12.6. The predicted octanol–water partition coefficient (Wildman–Crippen LogP) is 3.77. The molecule has 0 radical (unpaired) electrons.